The van der Waals surface area contributed by atoms with Gasteiger partial charge in [-0.15, -0.1) is 0 Å². The van der Waals surface area contributed by atoms with Crippen molar-refractivity contribution in [3.8, 4) is 0 Å². The normalized spacial score (nSPS) is 10.9. The molecule has 4 heteroatoms. The van der Waals surface area contributed by atoms with Crippen molar-refractivity contribution < 1.29 is 4.42 Å². The van der Waals surface area contributed by atoms with Crippen molar-refractivity contribution >= 4 is 28.4 Å². The fourth-order valence-electron chi connectivity index (χ4n) is 1.86. The lowest BCUT2D eigenvalue weighted by Crippen LogP contribution is -1.86. The van der Waals surface area contributed by atoms with E-state index in [1.165, 1.54) is 0 Å². The predicted octanol–water partition coefficient (Wildman–Crippen LogP) is 3.65. The molecule has 18 heavy (non-hydrogen) atoms. The summed E-state index contributed by atoms with van der Waals surface area (Å²) < 4.78 is 5.66. The second-order valence-electron chi connectivity index (χ2n) is 4.11. The Morgan fingerprint density at radius 2 is 1.94 bits per heavy atom. The average Bonchev–Trinajstić information content (AvgIpc) is 2.72. The molecule has 0 spiro atoms. The molecule has 0 saturated carbocycles. The number of halogens is 1. The van der Waals surface area contributed by atoms with Crippen molar-refractivity contribution in [1.29, 1.82) is 0 Å². The molecule has 0 atom stereocenters. The molecule has 2 N–H and O–H groups in total. The number of hydrogen-bond acceptors (Lipinski definition) is 3. The van der Waals surface area contributed by atoms with E-state index in [2.05, 4.69) is 4.98 Å². The molecule has 1 aromatic heterocycles. The van der Waals surface area contributed by atoms with Crippen molar-refractivity contribution in [2.45, 2.75) is 6.42 Å². The zero-order chi connectivity index (χ0) is 12.5. The fourth-order valence-corrected chi connectivity index (χ4v) is 2.02. The largest absolute Gasteiger partial charge is 0.440 e. The van der Waals surface area contributed by atoms with E-state index >= 15 is 0 Å². The van der Waals surface area contributed by atoms with Gasteiger partial charge in [0.25, 0.3) is 0 Å². The van der Waals surface area contributed by atoms with Crippen LogP contribution in [0, 0.1) is 0 Å². The maximum atomic E-state index is 5.95. The minimum atomic E-state index is 0.502. The third-order valence-corrected chi connectivity index (χ3v) is 3.08. The van der Waals surface area contributed by atoms with Crippen LogP contribution >= 0.6 is 11.6 Å². The molecule has 3 aromatic rings. The van der Waals surface area contributed by atoms with Gasteiger partial charge in [-0.2, -0.15) is 0 Å². The topological polar surface area (TPSA) is 52.0 Å². The van der Waals surface area contributed by atoms with E-state index < -0.39 is 0 Å². The fraction of sp³-hybridized carbons (Fsp3) is 0.0714. The molecule has 90 valence electrons. The van der Waals surface area contributed by atoms with Gasteiger partial charge >= 0.3 is 0 Å². The van der Waals surface area contributed by atoms with E-state index in [0.717, 1.165) is 11.1 Å². The van der Waals surface area contributed by atoms with Crippen LogP contribution < -0.4 is 5.73 Å². The zero-order valence-electron chi connectivity index (χ0n) is 9.56. The van der Waals surface area contributed by atoms with Crippen LogP contribution in [0.1, 0.15) is 11.5 Å². The van der Waals surface area contributed by atoms with Crippen LogP contribution in [0.4, 0.5) is 5.69 Å². The number of nitrogens with two attached hydrogens (primary N) is 1. The van der Waals surface area contributed by atoms with Gasteiger partial charge in [-0.1, -0.05) is 41.9 Å². The first-order valence-corrected chi connectivity index (χ1v) is 5.98. The van der Waals surface area contributed by atoms with Crippen LogP contribution in [0.2, 0.25) is 5.02 Å². The lowest BCUT2D eigenvalue weighted by Gasteiger charge is -1.95. The summed E-state index contributed by atoms with van der Waals surface area (Å²) in [6.07, 6.45) is 0.660. The summed E-state index contributed by atoms with van der Waals surface area (Å²) in [5, 5.41) is 0.502. The molecule has 0 bridgehead atoms. The number of aromatic nitrogens is 1. The number of rotatable bonds is 2. The number of nitrogens with zero attached hydrogens (tertiary/aromatic N) is 1. The van der Waals surface area contributed by atoms with Crippen molar-refractivity contribution in [3.63, 3.8) is 0 Å². The lowest BCUT2D eigenvalue weighted by atomic mass is 10.1. The Kier molecular flexibility index (Phi) is 2.68. The molecular formula is C14H11ClN2O. The van der Waals surface area contributed by atoms with Crippen molar-refractivity contribution in [3.05, 3.63) is 58.9 Å². The lowest BCUT2D eigenvalue weighted by molar-refractivity contribution is 0.544. The van der Waals surface area contributed by atoms with Crippen LogP contribution in [0.3, 0.4) is 0 Å². The maximum Gasteiger partial charge on any atom is 0.199 e. The van der Waals surface area contributed by atoms with E-state index in [1.54, 1.807) is 12.1 Å². The van der Waals surface area contributed by atoms with Gasteiger partial charge in [-0.3, -0.25) is 0 Å². The van der Waals surface area contributed by atoms with E-state index in [0.29, 0.717) is 28.6 Å². The minimum Gasteiger partial charge on any atom is -0.440 e. The van der Waals surface area contributed by atoms with Gasteiger partial charge in [0.05, 0.1) is 10.7 Å². The highest BCUT2D eigenvalue weighted by molar-refractivity contribution is 6.33. The number of fused-ring (bicyclic) bond motifs is 1. The van der Waals surface area contributed by atoms with E-state index in [-0.39, 0.29) is 0 Å². The molecule has 0 aliphatic heterocycles. The van der Waals surface area contributed by atoms with Crippen LogP contribution in [0.25, 0.3) is 11.1 Å². The predicted molar refractivity (Wildman–Crippen MR) is 72.7 cm³/mol. The number of hydrogen-bond donors (Lipinski definition) is 1. The highest BCUT2D eigenvalue weighted by Crippen LogP contribution is 2.26. The Morgan fingerprint density at radius 1 is 1.17 bits per heavy atom. The SMILES string of the molecule is Nc1cc2oc(Cc3ccccc3)nc2cc1Cl. The van der Waals surface area contributed by atoms with Gasteiger partial charge in [0.15, 0.2) is 11.5 Å². The second-order valence-corrected chi connectivity index (χ2v) is 4.52. The molecule has 0 aliphatic rings. The van der Waals surface area contributed by atoms with Crippen LogP contribution in [-0.4, -0.2) is 4.98 Å². The molecule has 1 heterocycles. The standard InChI is InChI=1S/C14H11ClN2O/c15-10-7-12-13(8-11(10)16)18-14(17-12)6-9-4-2-1-3-5-9/h1-5,7-8H,6,16H2. The van der Waals surface area contributed by atoms with Crippen molar-refractivity contribution in [1.82, 2.24) is 4.98 Å². The van der Waals surface area contributed by atoms with Crippen LogP contribution in [-0.2, 0) is 6.42 Å². The van der Waals surface area contributed by atoms with E-state index in [9.17, 15) is 0 Å². The van der Waals surface area contributed by atoms with Gasteiger partial charge in [-0.05, 0) is 11.6 Å². The molecule has 3 nitrogen and oxygen atoms in total. The number of nitrogen functional groups attached to an aromatic ring is 1. The molecule has 2 aromatic carbocycles. The maximum absolute atomic E-state index is 5.95. The summed E-state index contributed by atoms with van der Waals surface area (Å²) in [4.78, 5) is 4.40. The molecule has 0 aliphatic carbocycles. The number of anilines is 1. The van der Waals surface area contributed by atoms with Gasteiger partial charge in [0, 0.05) is 12.5 Å². The first-order chi connectivity index (χ1) is 8.72. The Hall–Kier alpha value is -2.00. The highest BCUT2D eigenvalue weighted by atomic mass is 35.5. The Bertz CT molecular complexity index is 653. The smallest absolute Gasteiger partial charge is 0.199 e. The Balaban J connectivity index is 1.99. The van der Waals surface area contributed by atoms with E-state index in [1.807, 2.05) is 30.3 Å². The average molecular weight is 259 g/mol. The third kappa shape index (κ3) is 2.05. The molecule has 0 saturated heterocycles. The number of benzene rings is 2. The van der Waals surface area contributed by atoms with Gasteiger partial charge in [-0.25, -0.2) is 4.98 Å². The quantitative estimate of drug-likeness (QED) is 0.714. The molecule has 0 amide bonds. The van der Waals surface area contributed by atoms with Gasteiger partial charge < -0.3 is 10.2 Å². The second kappa shape index (κ2) is 4.35. The zero-order valence-corrected chi connectivity index (χ0v) is 10.3. The summed E-state index contributed by atoms with van der Waals surface area (Å²) in [5.41, 5.74) is 8.80. The van der Waals surface area contributed by atoms with Crippen molar-refractivity contribution in [2.75, 3.05) is 5.73 Å². The van der Waals surface area contributed by atoms with Gasteiger partial charge in [0.1, 0.15) is 5.52 Å². The molecule has 3 rings (SSSR count). The summed E-state index contributed by atoms with van der Waals surface area (Å²) in [6.45, 7) is 0. The molecular weight excluding hydrogens is 248 g/mol. The Morgan fingerprint density at radius 3 is 2.72 bits per heavy atom. The van der Waals surface area contributed by atoms with Crippen LogP contribution in [0.5, 0.6) is 0 Å². The molecule has 0 radical (unpaired) electrons. The number of oxazole rings is 1. The third-order valence-electron chi connectivity index (χ3n) is 2.75. The molecule has 0 unspecified atom stereocenters. The monoisotopic (exact) mass is 258 g/mol. The first kappa shape index (κ1) is 11.1. The minimum absolute atomic E-state index is 0.502. The summed E-state index contributed by atoms with van der Waals surface area (Å²) in [6, 6.07) is 13.5. The summed E-state index contributed by atoms with van der Waals surface area (Å²) in [5.74, 6) is 0.665. The Labute approximate surface area is 109 Å². The first-order valence-electron chi connectivity index (χ1n) is 5.61. The van der Waals surface area contributed by atoms with E-state index in [4.69, 9.17) is 21.8 Å². The van der Waals surface area contributed by atoms with Crippen molar-refractivity contribution in [2.24, 2.45) is 0 Å². The van der Waals surface area contributed by atoms with Gasteiger partial charge in [0.2, 0.25) is 0 Å². The summed E-state index contributed by atoms with van der Waals surface area (Å²) >= 11 is 5.95. The summed E-state index contributed by atoms with van der Waals surface area (Å²) in [7, 11) is 0. The van der Waals surface area contributed by atoms with Crippen LogP contribution in [0.15, 0.2) is 46.9 Å². The highest BCUT2D eigenvalue weighted by Gasteiger charge is 2.09. The molecule has 0 fully saturated rings.